The maximum atomic E-state index is 12.0. The number of guanidine groups is 1. The maximum Gasteiger partial charge on any atom is 0.241 e. The number of nitrogens with zero attached hydrogens (tertiary/aromatic N) is 2. The summed E-state index contributed by atoms with van der Waals surface area (Å²) in [6.45, 7) is 4.91. The number of hydrogen-bond acceptors (Lipinski definition) is 3. The van der Waals surface area contributed by atoms with E-state index in [2.05, 4.69) is 53.7 Å². The first-order valence-electron chi connectivity index (χ1n) is 9.89. The average molecular weight is 397 g/mol. The minimum absolute atomic E-state index is 0.0103. The molecule has 2 aromatic carbocycles. The molecule has 0 bridgehead atoms. The largest absolute Gasteiger partial charge is 0.497 e. The van der Waals surface area contributed by atoms with Crippen LogP contribution < -0.4 is 15.4 Å². The van der Waals surface area contributed by atoms with Gasteiger partial charge in [-0.25, -0.2) is 4.99 Å². The molecule has 0 radical (unpaired) electrons. The summed E-state index contributed by atoms with van der Waals surface area (Å²) < 4.78 is 5.20. The molecular weight excluding hydrogens is 364 g/mol. The highest BCUT2D eigenvalue weighted by atomic mass is 16.5. The van der Waals surface area contributed by atoms with Crippen LogP contribution in [0.1, 0.15) is 36.6 Å². The molecule has 0 saturated carbocycles. The van der Waals surface area contributed by atoms with E-state index < -0.39 is 0 Å². The molecule has 0 aromatic heterocycles. The van der Waals surface area contributed by atoms with Crippen molar-refractivity contribution in [3.63, 3.8) is 0 Å². The summed E-state index contributed by atoms with van der Waals surface area (Å²) in [6, 6.07) is 16.4. The fraction of sp³-hybridized carbons (Fsp3) is 0.391. The number of aryl methyl sites for hydroxylation is 1. The van der Waals surface area contributed by atoms with Gasteiger partial charge in [0.1, 0.15) is 5.75 Å². The Morgan fingerprint density at radius 1 is 1.07 bits per heavy atom. The molecule has 0 aliphatic heterocycles. The number of carbonyl (C=O) groups excluding carboxylic acids is 1. The van der Waals surface area contributed by atoms with Crippen LogP contribution in [-0.4, -0.2) is 44.5 Å². The van der Waals surface area contributed by atoms with Crippen LogP contribution in [-0.2, 0) is 17.8 Å². The van der Waals surface area contributed by atoms with E-state index in [4.69, 9.17) is 4.74 Å². The van der Waals surface area contributed by atoms with E-state index in [1.54, 1.807) is 26.1 Å². The van der Waals surface area contributed by atoms with Crippen molar-refractivity contribution in [3.8, 4) is 5.75 Å². The van der Waals surface area contributed by atoms with E-state index >= 15 is 0 Å². The maximum absolute atomic E-state index is 12.0. The van der Waals surface area contributed by atoms with Gasteiger partial charge in [-0.1, -0.05) is 43.3 Å². The van der Waals surface area contributed by atoms with Crippen molar-refractivity contribution < 1.29 is 9.53 Å². The number of rotatable bonds is 8. The third-order valence-corrected chi connectivity index (χ3v) is 4.73. The number of likely N-dealkylation sites (N-methyl/N-ethyl adjacent to an activating group) is 1. The van der Waals surface area contributed by atoms with Crippen LogP contribution >= 0.6 is 0 Å². The standard InChI is InChI=1S/C23H32N4O2/c1-6-18-7-11-20(12-8-18)17(2)26-23(25-16-22(28)27(3)4)24-15-19-9-13-21(29-5)14-10-19/h7-14,17H,6,15-16H2,1-5H3,(H2,24,25,26). The van der Waals surface area contributed by atoms with E-state index in [0.29, 0.717) is 12.5 Å². The molecule has 0 spiro atoms. The zero-order valence-corrected chi connectivity index (χ0v) is 18.0. The van der Waals surface area contributed by atoms with Crippen molar-refractivity contribution in [2.45, 2.75) is 32.9 Å². The zero-order valence-electron chi connectivity index (χ0n) is 18.0. The molecule has 156 valence electrons. The summed E-state index contributed by atoms with van der Waals surface area (Å²) in [5, 5.41) is 6.54. The molecule has 6 nitrogen and oxygen atoms in total. The summed E-state index contributed by atoms with van der Waals surface area (Å²) in [7, 11) is 5.13. The minimum Gasteiger partial charge on any atom is -0.497 e. The van der Waals surface area contributed by atoms with Gasteiger partial charge in [0.25, 0.3) is 0 Å². The van der Waals surface area contributed by atoms with Crippen molar-refractivity contribution in [1.82, 2.24) is 15.5 Å². The highest BCUT2D eigenvalue weighted by Gasteiger charge is 2.10. The van der Waals surface area contributed by atoms with Crippen molar-refractivity contribution in [1.29, 1.82) is 0 Å². The SMILES string of the molecule is CCc1ccc(C(C)NC(=NCc2ccc(OC)cc2)NCC(=O)N(C)C)cc1. The summed E-state index contributed by atoms with van der Waals surface area (Å²) in [6.07, 6.45) is 1.02. The van der Waals surface area contributed by atoms with Gasteiger partial charge in [0.2, 0.25) is 5.91 Å². The molecule has 1 atom stereocenters. The number of hydrogen-bond donors (Lipinski definition) is 2. The first-order chi connectivity index (χ1) is 13.9. The first kappa shape index (κ1) is 22.3. The van der Waals surface area contributed by atoms with Crippen molar-refractivity contribution in [3.05, 3.63) is 65.2 Å². The second kappa shape index (κ2) is 11.1. The van der Waals surface area contributed by atoms with Gasteiger partial charge in [0.15, 0.2) is 5.96 Å². The van der Waals surface area contributed by atoms with Crippen molar-refractivity contribution in [2.75, 3.05) is 27.7 Å². The van der Waals surface area contributed by atoms with E-state index in [1.165, 1.54) is 11.1 Å². The molecule has 0 saturated heterocycles. The van der Waals surface area contributed by atoms with E-state index in [9.17, 15) is 4.79 Å². The van der Waals surface area contributed by atoms with Gasteiger partial charge >= 0.3 is 0 Å². The van der Waals surface area contributed by atoms with Gasteiger partial charge in [-0.2, -0.15) is 0 Å². The third-order valence-electron chi connectivity index (χ3n) is 4.73. The molecule has 2 N–H and O–H groups in total. The van der Waals surface area contributed by atoms with Crippen molar-refractivity contribution >= 4 is 11.9 Å². The Morgan fingerprint density at radius 3 is 2.24 bits per heavy atom. The van der Waals surface area contributed by atoms with Gasteiger partial charge in [0, 0.05) is 14.1 Å². The van der Waals surface area contributed by atoms with E-state index in [0.717, 1.165) is 17.7 Å². The Morgan fingerprint density at radius 2 is 1.69 bits per heavy atom. The normalized spacial score (nSPS) is 12.2. The molecule has 0 aliphatic carbocycles. The lowest BCUT2D eigenvalue weighted by Crippen LogP contribution is -2.43. The lowest BCUT2D eigenvalue weighted by molar-refractivity contribution is -0.127. The highest BCUT2D eigenvalue weighted by Crippen LogP contribution is 2.14. The molecular formula is C23H32N4O2. The number of methoxy groups -OCH3 is 1. The summed E-state index contributed by atoms with van der Waals surface area (Å²) >= 11 is 0. The molecule has 2 aromatic rings. The van der Waals surface area contributed by atoms with Crippen LogP contribution in [0, 0.1) is 0 Å². The Balaban J connectivity index is 2.10. The molecule has 2 rings (SSSR count). The quantitative estimate of drug-likeness (QED) is 0.531. The molecule has 1 amide bonds. The average Bonchev–Trinajstić information content (AvgIpc) is 2.75. The van der Waals surface area contributed by atoms with Crippen LogP contribution in [0.25, 0.3) is 0 Å². The van der Waals surface area contributed by atoms with Gasteiger partial charge in [-0.15, -0.1) is 0 Å². The number of carbonyl (C=O) groups is 1. The minimum atomic E-state index is -0.0103. The number of nitrogens with one attached hydrogen (secondary N) is 2. The van der Waals surface area contributed by atoms with Crippen LogP contribution in [0.3, 0.4) is 0 Å². The lowest BCUT2D eigenvalue weighted by atomic mass is 10.1. The Hall–Kier alpha value is -3.02. The predicted octanol–water partition coefficient (Wildman–Crippen LogP) is 3.14. The van der Waals surface area contributed by atoms with Crippen LogP contribution in [0.15, 0.2) is 53.5 Å². The molecule has 0 heterocycles. The Bertz CT molecular complexity index is 799. The smallest absolute Gasteiger partial charge is 0.241 e. The van der Waals surface area contributed by atoms with Gasteiger partial charge < -0.3 is 20.3 Å². The second-order valence-corrected chi connectivity index (χ2v) is 7.12. The van der Waals surface area contributed by atoms with Gasteiger partial charge in [-0.3, -0.25) is 4.79 Å². The van der Waals surface area contributed by atoms with E-state index in [1.807, 2.05) is 24.3 Å². The topological polar surface area (TPSA) is 66.0 Å². The van der Waals surface area contributed by atoms with Crippen LogP contribution in [0.5, 0.6) is 5.75 Å². The van der Waals surface area contributed by atoms with E-state index in [-0.39, 0.29) is 18.5 Å². The highest BCUT2D eigenvalue weighted by molar-refractivity contribution is 5.86. The Labute approximate surface area is 174 Å². The number of ether oxygens (including phenoxy) is 1. The second-order valence-electron chi connectivity index (χ2n) is 7.12. The molecule has 6 heteroatoms. The van der Waals surface area contributed by atoms with Gasteiger partial charge in [0.05, 0.1) is 26.2 Å². The molecule has 29 heavy (non-hydrogen) atoms. The first-order valence-corrected chi connectivity index (χ1v) is 9.89. The molecule has 0 fully saturated rings. The van der Waals surface area contributed by atoms with Gasteiger partial charge in [-0.05, 0) is 42.2 Å². The zero-order chi connectivity index (χ0) is 21.2. The number of aliphatic imine (C=N–C) groups is 1. The number of benzene rings is 2. The van der Waals surface area contributed by atoms with Crippen LogP contribution in [0.4, 0.5) is 0 Å². The fourth-order valence-corrected chi connectivity index (χ4v) is 2.70. The third kappa shape index (κ3) is 7.14. The van der Waals surface area contributed by atoms with Crippen molar-refractivity contribution in [2.24, 2.45) is 4.99 Å². The fourth-order valence-electron chi connectivity index (χ4n) is 2.70. The molecule has 1 unspecified atom stereocenters. The predicted molar refractivity (Wildman–Crippen MR) is 118 cm³/mol. The monoisotopic (exact) mass is 396 g/mol. The lowest BCUT2D eigenvalue weighted by Gasteiger charge is -2.20. The molecule has 0 aliphatic rings. The number of amides is 1. The summed E-state index contributed by atoms with van der Waals surface area (Å²) in [4.78, 5) is 18.2. The Kier molecular flexibility index (Phi) is 8.52. The summed E-state index contributed by atoms with van der Waals surface area (Å²) in [5.41, 5.74) is 3.54. The van der Waals surface area contributed by atoms with Crippen LogP contribution in [0.2, 0.25) is 0 Å². The summed E-state index contributed by atoms with van der Waals surface area (Å²) in [5.74, 6) is 1.40.